The van der Waals surface area contributed by atoms with Crippen LogP contribution in [0.25, 0.3) is 11.3 Å². The maximum absolute atomic E-state index is 12.2. The van der Waals surface area contributed by atoms with Gasteiger partial charge in [0.25, 0.3) is 5.91 Å². The molecular formula is C19H17ClN4O2. The molecule has 0 unspecified atom stereocenters. The second kappa shape index (κ2) is 8.31. The van der Waals surface area contributed by atoms with E-state index < -0.39 is 5.91 Å². The van der Waals surface area contributed by atoms with E-state index in [0.29, 0.717) is 23.0 Å². The van der Waals surface area contributed by atoms with Crippen LogP contribution in [-0.2, 0) is 0 Å². The van der Waals surface area contributed by atoms with E-state index in [1.165, 1.54) is 0 Å². The van der Waals surface area contributed by atoms with Gasteiger partial charge in [0.2, 0.25) is 0 Å². The molecule has 0 aliphatic carbocycles. The van der Waals surface area contributed by atoms with Crippen LogP contribution in [0.2, 0.25) is 5.02 Å². The summed E-state index contributed by atoms with van der Waals surface area (Å²) in [5, 5.41) is 11.3. The number of benzene rings is 2. The van der Waals surface area contributed by atoms with E-state index in [2.05, 4.69) is 20.7 Å². The smallest absolute Gasteiger partial charge is 0.289 e. The van der Waals surface area contributed by atoms with E-state index in [0.717, 1.165) is 16.9 Å². The van der Waals surface area contributed by atoms with Crippen molar-refractivity contribution in [1.29, 1.82) is 0 Å². The normalized spacial score (nSPS) is 10.8. The van der Waals surface area contributed by atoms with Crippen LogP contribution in [0.15, 0.2) is 59.7 Å². The Hall–Kier alpha value is -3.12. The number of H-pyrrole nitrogens is 1. The van der Waals surface area contributed by atoms with Crippen molar-refractivity contribution in [1.82, 2.24) is 15.6 Å². The first-order valence-corrected chi connectivity index (χ1v) is 8.41. The van der Waals surface area contributed by atoms with Crippen LogP contribution in [0, 0.1) is 0 Å². The Morgan fingerprint density at radius 3 is 2.77 bits per heavy atom. The first kappa shape index (κ1) is 17.7. The molecule has 132 valence electrons. The number of hydrazone groups is 1. The third-order valence-electron chi connectivity index (χ3n) is 3.54. The van der Waals surface area contributed by atoms with Gasteiger partial charge in [0.05, 0.1) is 23.5 Å². The van der Waals surface area contributed by atoms with Crippen molar-refractivity contribution >= 4 is 23.7 Å². The van der Waals surface area contributed by atoms with Gasteiger partial charge in [-0.25, -0.2) is 5.43 Å². The number of ether oxygens (including phenoxy) is 1. The van der Waals surface area contributed by atoms with Crippen molar-refractivity contribution in [3.63, 3.8) is 0 Å². The Bertz CT molecular complexity index is 919. The lowest BCUT2D eigenvalue weighted by Crippen LogP contribution is -2.17. The summed E-state index contributed by atoms with van der Waals surface area (Å²) in [7, 11) is 0. The molecule has 0 bridgehead atoms. The second-order valence-electron chi connectivity index (χ2n) is 5.35. The Morgan fingerprint density at radius 1 is 1.27 bits per heavy atom. The van der Waals surface area contributed by atoms with Crippen LogP contribution in [-0.4, -0.2) is 28.9 Å². The number of aromatic amines is 1. The van der Waals surface area contributed by atoms with Gasteiger partial charge in [0, 0.05) is 5.56 Å². The summed E-state index contributed by atoms with van der Waals surface area (Å²) in [6, 6.07) is 16.3. The zero-order valence-electron chi connectivity index (χ0n) is 14.1. The second-order valence-corrected chi connectivity index (χ2v) is 5.76. The van der Waals surface area contributed by atoms with Crippen LogP contribution in [0.1, 0.15) is 23.0 Å². The molecule has 6 nitrogen and oxygen atoms in total. The van der Waals surface area contributed by atoms with Crippen molar-refractivity contribution < 1.29 is 9.53 Å². The van der Waals surface area contributed by atoms with E-state index in [1.54, 1.807) is 18.3 Å². The van der Waals surface area contributed by atoms with Gasteiger partial charge in [-0.05, 0) is 48.9 Å². The van der Waals surface area contributed by atoms with E-state index >= 15 is 0 Å². The lowest BCUT2D eigenvalue weighted by Gasteiger charge is -2.02. The van der Waals surface area contributed by atoms with Crippen LogP contribution >= 0.6 is 11.6 Å². The molecule has 0 saturated carbocycles. The fourth-order valence-corrected chi connectivity index (χ4v) is 2.52. The lowest BCUT2D eigenvalue weighted by molar-refractivity contribution is 0.0950. The Balaban J connectivity index is 1.63. The zero-order chi connectivity index (χ0) is 18.4. The standard InChI is InChI=1S/C19H17ClN4O2/c1-2-26-14-9-7-13(8-10-14)12-21-24-19(25)18-11-17(22-23-18)15-5-3-4-6-16(15)20/h3-12H,2H2,1H3,(H,22,23)(H,24,25)/b21-12+. The fourth-order valence-electron chi connectivity index (χ4n) is 2.29. The Labute approximate surface area is 155 Å². The van der Waals surface area contributed by atoms with Gasteiger partial charge in [-0.3, -0.25) is 9.89 Å². The number of hydrogen-bond acceptors (Lipinski definition) is 4. The summed E-state index contributed by atoms with van der Waals surface area (Å²) in [6.45, 7) is 2.54. The number of halogens is 1. The van der Waals surface area contributed by atoms with E-state index in [9.17, 15) is 4.79 Å². The van der Waals surface area contributed by atoms with Crippen molar-refractivity contribution in [2.45, 2.75) is 6.92 Å². The number of nitrogens with zero attached hydrogens (tertiary/aromatic N) is 2. The van der Waals surface area contributed by atoms with Gasteiger partial charge in [-0.1, -0.05) is 29.8 Å². The van der Waals surface area contributed by atoms with Crippen molar-refractivity contribution in [2.75, 3.05) is 6.61 Å². The summed E-state index contributed by atoms with van der Waals surface area (Å²) in [4.78, 5) is 12.2. The predicted octanol–water partition coefficient (Wildman–Crippen LogP) is 3.89. The molecule has 26 heavy (non-hydrogen) atoms. The number of carbonyl (C=O) groups excluding carboxylic acids is 1. The molecular weight excluding hydrogens is 352 g/mol. The molecule has 0 saturated heterocycles. The Morgan fingerprint density at radius 2 is 2.04 bits per heavy atom. The number of amides is 1. The summed E-state index contributed by atoms with van der Waals surface area (Å²) in [5.74, 6) is 0.399. The molecule has 0 radical (unpaired) electrons. The number of nitrogens with one attached hydrogen (secondary N) is 2. The molecule has 3 aromatic rings. The van der Waals surface area contributed by atoms with Crippen molar-refractivity contribution in [3.8, 4) is 17.0 Å². The first-order chi connectivity index (χ1) is 12.7. The zero-order valence-corrected chi connectivity index (χ0v) is 14.8. The summed E-state index contributed by atoms with van der Waals surface area (Å²) < 4.78 is 5.37. The van der Waals surface area contributed by atoms with Crippen LogP contribution < -0.4 is 10.2 Å². The molecule has 1 heterocycles. The highest BCUT2D eigenvalue weighted by Gasteiger charge is 2.12. The summed E-state index contributed by atoms with van der Waals surface area (Å²) in [5.41, 5.74) is 4.95. The molecule has 0 atom stereocenters. The Kier molecular flexibility index (Phi) is 5.66. The van der Waals surface area contributed by atoms with Gasteiger partial charge >= 0.3 is 0 Å². The molecule has 0 aliphatic heterocycles. The highest BCUT2D eigenvalue weighted by Crippen LogP contribution is 2.26. The summed E-state index contributed by atoms with van der Waals surface area (Å²) in [6.07, 6.45) is 1.55. The van der Waals surface area contributed by atoms with Gasteiger partial charge in [-0.15, -0.1) is 0 Å². The molecule has 0 spiro atoms. The quantitative estimate of drug-likeness (QED) is 0.511. The lowest BCUT2D eigenvalue weighted by atomic mass is 10.1. The number of carbonyl (C=O) groups is 1. The fraction of sp³-hybridized carbons (Fsp3) is 0.105. The SMILES string of the molecule is CCOc1ccc(/C=N/NC(=O)c2cc(-c3ccccc3Cl)n[nH]2)cc1. The van der Waals surface area contributed by atoms with Gasteiger partial charge < -0.3 is 4.74 Å². The summed E-state index contributed by atoms with van der Waals surface area (Å²) >= 11 is 6.14. The maximum atomic E-state index is 12.2. The maximum Gasteiger partial charge on any atom is 0.289 e. The highest BCUT2D eigenvalue weighted by atomic mass is 35.5. The third kappa shape index (κ3) is 4.29. The molecule has 0 aliphatic rings. The highest BCUT2D eigenvalue weighted by molar-refractivity contribution is 6.33. The topological polar surface area (TPSA) is 79.4 Å². The molecule has 1 aromatic heterocycles. The molecule has 2 N–H and O–H groups in total. The average Bonchev–Trinajstić information content (AvgIpc) is 3.14. The minimum Gasteiger partial charge on any atom is -0.494 e. The molecule has 2 aromatic carbocycles. The van der Waals surface area contributed by atoms with Gasteiger partial charge in [0.1, 0.15) is 11.4 Å². The first-order valence-electron chi connectivity index (χ1n) is 8.04. The molecule has 1 amide bonds. The van der Waals surface area contributed by atoms with Crippen molar-refractivity contribution in [3.05, 3.63) is 70.9 Å². The largest absolute Gasteiger partial charge is 0.494 e. The minimum absolute atomic E-state index is 0.295. The molecule has 3 rings (SSSR count). The van der Waals surface area contributed by atoms with Crippen LogP contribution in [0.4, 0.5) is 0 Å². The van der Waals surface area contributed by atoms with Gasteiger partial charge in [0.15, 0.2) is 0 Å². The predicted molar refractivity (Wildman–Crippen MR) is 102 cm³/mol. The van der Waals surface area contributed by atoms with Crippen LogP contribution in [0.3, 0.4) is 0 Å². The number of aromatic nitrogens is 2. The van der Waals surface area contributed by atoms with E-state index in [-0.39, 0.29) is 0 Å². The van der Waals surface area contributed by atoms with Crippen LogP contribution in [0.5, 0.6) is 5.75 Å². The minimum atomic E-state index is -0.391. The molecule has 0 fully saturated rings. The van der Waals surface area contributed by atoms with E-state index in [1.807, 2.05) is 49.4 Å². The number of rotatable bonds is 6. The van der Waals surface area contributed by atoms with Gasteiger partial charge in [-0.2, -0.15) is 10.2 Å². The van der Waals surface area contributed by atoms with Crippen molar-refractivity contribution in [2.24, 2.45) is 5.10 Å². The average molecular weight is 369 g/mol. The monoisotopic (exact) mass is 368 g/mol. The molecule has 7 heteroatoms. The third-order valence-corrected chi connectivity index (χ3v) is 3.87. The van der Waals surface area contributed by atoms with E-state index in [4.69, 9.17) is 16.3 Å². The number of hydrogen-bond donors (Lipinski definition) is 2.